The van der Waals surface area contributed by atoms with E-state index in [-0.39, 0.29) is 36.7 Å². The predicted molar refractivity (Wildman–Crippen MR) is 153 cm³/mol. The Kier molecular flexibility index (Phi) is 9.58. The Bertz CT molecular complexity index is 1220. The van der Waals surface area contributed by atoms with Gasteiger partial charge in [0.1, 0.15) is 11.9 Å². The Hall–Kier alpha value is -2.30. The molecule has 2 aliphatic carbocycles. The number of carbonyl (C=O) groups is 1. The average Bonchev–Trinajstić information content (AvgIpc) is 3.32. The molecule has 1 aromatic carbocycles. The summed E-state index contributed by atoms with van der Waals surface area (Å²) >= 11 is 3.69. The quantitative estimate of drug-likeness (QED) is 0.490. The number of alkyl halides is 1. The monoisotopic (exact) mass is 588 g/mol. The van der Waals surface area contributed by atoms with E-state index in [1.165, 1.54) is 16.5 Å². The molecule has 0 bridgehead atoms. The summed E-state index contributed by atoms with van der Waals surface area (Å²) in [5.74, 6) is -1.37. The lowest BCUT2D eigenvalue weighted by atomic mass is 9.78. The molecule has 0 spiro atoms. The highest BCUT2D eigenvalue weighted by molar-refractivity contribution is 7.76. The second kappa shape index (κ2) is 13.1. The van der Waals surface area contributed by atoms with Crippen molar-refractivity contribution >= 4 is 28.8 Å². The van der Waals surface area contributed by atoms with E-state index in [0.717, 1.165) is 22.6 Å². The lowest BCUT2D eigenvalue weighted by molar-refractivity contribution is -0.137. The van der Waals surface area contributed by atoms with E-state index in [0.29, 0.717) is 45.4 Å². The van der Waals surface area contributed by atoms with Crippen LogP contribution in [0, 0.1) is 17.8 Å². The normalized spacial score (nSPS) is 31.1. The summed E-state index contributed by atoms with van der Waals surface area (Å²) in [5.41, 5.74) is 2.18. The van der Waals surface area contributed by atoms with Crippen LogP contribution < -0.4 is 0 Å². The van der Waals surface area contributed by atoms with Crippen LogP contribution >= 0.6 is 11.6 Å². The molecule has 0 aromatic heterocycles. The van der Waals surface area contributed by atoms with Gasteiger partial charge in [0, 0.05) is 67.5 Å². The second-order valence-electron chi connectivity index (χ2n) is 11.1. The van der Waals surface area contributed by atoms with Crippen LogP contribution in [0.5, 0.6) is 0 Å². The molecule has 1 aromatic rings. The van der Waals surface area contributed by atoms with Crippen LogP contribution in [0.15, 0.2) is 77.1 Å². The van der Waals surface area contributed by atoms with Gasteiger partial charge in [-0.2, -0.15) is 0 Å². The molecule has 1 N–H and O–H groups in total. The highest BCUT2D eigenvalue weighted by Crippen LogP contribution is 2.38. The zero-order valence-electron chi connectivity index (χ0n) is 22.4. The Balaban J connectivity index is 1.33. The van der Waals surface area contributed by atoms with Crippen molar-refractivity contribution in [3.63, 3.8) is 0 Å². The van der Waals surface area contributed by atoms with Crippen LogP contribution in [0.2, 0.25) is 0 Å². The minimum atomic E-state index is -2.44. The van der Waals surface area contributed by atoms with Gasteiger partial charge in [-0.15, -0.1) is 0 Å². The number of halogens is 2. The van der Waals surface area contributed by atoms with E-state index in [1.54, 1.807) is 11.0 Å². The van der Waals surface area contributed by atoms with Gasteiger partial charge in [0.05, 0.1) is 5.92 Å². The number of allylic oxidation sites excluding steroid dienone is 6. The van der Waals surface area contributed by atoms with Gasteiger partial charge < -0.3 is 14.6 Å². The van der Waals surface area contributed by atoms with Crippen molar-refractivity contribution in [1.29, 1.82) is 0 Å². The van der Waals surface area contributed by atoms with Gasteiger partial charge in [-0.25, -0.2) is 8.70 Å². The van der Waals surface area contributed by atoms with Gasteiger partial charge in [0.25, 0.3) is 0 Å². The van der Waals surface area contributed by atoms with Crippen LogP contribution in [0.4, 0.5) is 4.39 Å². The lowest BCUT2D eigenvalue weighted by Crippen LogP contribution is -2.49. The van der Waals surface area contributed by atoms with Gasteiger partial charge in [0.2, 0.25) is 5.91 Å². The molecular weight excluding hydrogens is 553 g/mol. The molecule has 1 amide bonds. The van der Waals surface area contributed by atoms with Crippen molar-refractivity contribution in [3.05, 3.63) is 82.6 Å². The number of hydrogen-bond acceptors (Lipinski definition) is 5. The maximum Gasteiger partial charge on any atom is 0.227 e. The van der Waals surface area contributed by atoms with E-state index in [9.17, 15) is 18.7 Å². The van der Waals surface area contributed by atoms with Crippen LogP contribution in [0.1, 0.15) is 31.2 Å². The summed E-state index contributed by atoms with van der Waals surface area (Å²) in [6.45, 7) is 2.75. The number of benzene rings is 1. The predicted octanol–water partition coefficient (Wildman–Crippen LogP) is 4.63. The number of aliphatic hydroxyl groups excluding tert-OH is 1. The van der Waals surface area contributed by atoms with Crippen molar-refractivity contribution in [3.8, 4) is 0 Å². The summed E-state index contributed by atoms with van der Waals surface area (Å²) in [7, 11) is 0. The van der Waals surface area contributed by atoms with Crippen LogP contribution in [0.3, 0.4) is 0 Å². The van der Waals surface area contributed by atoms with E-state index < -0.39 is 29.3 Å². The summed E-state index contributed by atoms with van der Waals surface area (Å²) in [6.07, 6.45) is 9.53. The summed E-state index contributed by atoms with van der Waals surface area (Å²) < 4.78 is 41.2. The zero-order chi connectivity index (χ0) is 28.2. The summed E-state index contributed by atoms with van der Waals surface area (Å²) in [5, 5.41) is 10.6. The number of likely N-dealkylation sites (tertiary alicyclic amines) is 1. The van der Waals surface area contributed by atoms with E-state index in [4.69, 9.17) is 11.6 Å². The first-order valence-electron chi connectivity index (χ1n) is 14.0. The summed E-state index contributed by atoms with van der Waals surface area (Å²) in [6, 6.07) is 9.77. The van der Waals surface area contributed by atoms with Crippen molar-refractivity contribution < 1.29 is 23.1 Å². The van der Waals surface area contributed by atoms with Crippen molar-refractivity contribution in [2.45, 2.75) is 44.4 Å². The van der Waals surface area contributed by atoms with Gasteiger partial charge in [-0.3, -0.25) is 13.9 Å². The van der Waals surface area contributed by atoms with Gasteiger partial charge in [-0.1, -0.05) is 59.7 Å². The second-order valence-corrected chi connectivity index (χ2v) is 12.5. The minimum Gasteiger partial charge on any atom is -0.760 e. The highest BCUT2D eigenvalue weighted by Gasteiger charge is 2.45. The molecule has 10 heteroatoms. The SMILES string of the molecule is O=C(C1CN(Cc2ccccc2)C[C@H]1C1C=CC(O)=CC1F)N1CCCC(C2=CC=C(Cl)CC2)N(S(=O)[O-])CC1. The van der Waals surface area contributed by atoms with Crippen LogP contribution in [-0.4, -0.2) is 78.8 Å². The molecule has 2 aliphatic heterocycles. The Morgan fingerprint density at radius 2 is 1.93 bits per heavy atom. The lowest BCUT2D eigenvalue weighted by Gasteiger charge is -2.40. The zero-order valence-corrected chi connectivity index (χ0v) is 24.0. The number of carbonyl (C=O) groups excluding carboxylic acids is 1. The first kappa shape index (κ1) is 29.2. The molecule has 40 heavy (non-hydrogen) atoms. The Morgan fingerprint density at radius 3 is 2.62 bits per heavy atom. The maximum atomic E-state index is 15.2. The molecule has 2 saturated heterocycles. The number of amides is 1. The molecule has 4 aliphatic rings. The smallest absolute Gasteiger partial charge is 0.227 e. The first-order valence-corrected chi connectivity index (χ1v) is 15.4. The molecule has 5 unspecified atom stereocenters. The number of nitrogens with zero attached hydrogens (tertiary/aromatic N) is 3. The van der Waals surface area contributed by atoms with E-state index >= 15 is 4.39 Å². The van der Waals surface area contributed by atoms with E-state index in [2.05, 4.69) is 4.90 Å². The molecule has 0 saturated carbocycles. The molecule has 6 atom stereocenters. The van der Waals surface area contributed by atoms with Crippen LogP contribution in [-0.2, 0) is 22.6 Å². The van der Waals surface area contributed by atoms with Gasteiger partial charge in [0.15, 0.2) is 0 Å². The number of aliphatic hydroxyl groups is 1. The van der Waals surface area contributed by atoms with Gasteiger partial charge >= 0.3 is 0 Å². The third-order valence-corrected chi connectivity index (χ3v) is 9.73. The topological polar surface area (TPSA) is 87.2 Å². The van der Waals surface area contributed by atoms with Crippen LogP contribution in [0.25, 0.3) is 0 Å². The Morgan fingerprint density at radius 1 is 1.12 bits per heavy atom. The Labute approximate surface area is 243 Å². The fourth-order valence-electron chi connectivity index (χ4n) is 6.58. The number of hydrogen-bond donors (Lipinski definition) is 1. The number of rotatable bonds is 6. The molecule has 2 fully saturated rings. The third kappa shape index (κ3) is 6.77. The van der Waals surface area contributed by atoms with E-state index in [1.807, 2.05) is 42.5 Å². The van der Waals surface area contributed by atoms with Crippen molar-refractivity contribution in [2.75, 3.05) is 32.7 Å². The highest BCUT2D eigenvalue weighted by atomic mass is 35.5. The van der Waals surface area contributed by atoms with Gasteiger partial charge in [-0.05, 0) is 55.4 Å². The summed E-state index contributed by atoms with van der Waals surface area (Å²) in [4.78, 5) is 18.0. The molecule has 216 valence electrons. The fourth-order valence-corrected chi connectivity index (χ4v) is 7.41. The maximum absolute atomic E-state index is 15.2. The fraction of sp³-hybridized carbons (Fsp3) is 0.500. The first-order chi connectivity index (χ1) is 19.3. The molecule has 0 radical (unpaired) electrons. The molecular formula is C30H36ClFN3O4S-. The minimum absolute atomic E-state index is 0.0541. The molecule has 2 heterocycles. The molecule has 7 nitrogen and oxygen atoms in total. The van der Waals surface area contributed by atoms with Crippen molar-refractivity contribution in [1.82, 2.24) is 14.1 Å². The van der Waals surface area contributed by atoms with Crippen molar-refractivity contribution in [2.24, 2.45) is 17.8 Å². The standard InChI is InChI=1S/C30H37ClFN3O4S/c31-23-10-8-22(9-11-23)29-7-4-14-34(15-16-35(29)40(38)39)30(37)27-20-33(18-21-5-2-1-3-6-21)19-26(27)25-13-12-24(36)17-28(25)32/h1-3,5-6,8,10,12-13,17,25-29,36H,4,7,9,11,14-16,18-20H2,(H,38,39)/p-1/t25?,26-,27?,28?,29?/m0/s1. The molecule has 5 rings (SSSR count). The average molecular weight is 589 g/mol. The third-order valence-electron chi connectivity index (χ3n) is 8.59. The largest absolute Gasteiger partial charge is 0.760 e.